The monoisotopic (exact) mass is 668 g/mol. The van der Waals surface area contributed by atoms with E-state index in [4.69, 9.17) is 9.47 Å². The van der Waals surface area contributed by atoms with Crippen molar-refractivity contribution >= 4 is 44.3 Å². The van der Waals surface area contributed by atoms with E-state index in [2.05, 4.69) is 25.9 Å². The molecule has 0 unspecified atom stereocenters. The summed E-state index contributed by atoms with van der Waals surface area (Å²) in [6.07, 6.45) is 3.25. The van der Waals surface area contributed by atoms with E-state index in [1.54, 1.807) is 12.1 Å². The Morgan fingerprint density at radius 1 is 0.979 bits per heavy atom. The first-order valence-electron chi connectivity index (χ1n) is 16.1. The van der Waals surface area contributed by atoms with Gasteiger partial charge >= 0.3 is 6.09 Å². The lowest BCUT2D eigenvalue weighted by atomic mass is 9.86. The molecule has 0 radical (unpaired) electrons. The Labute approximate surface area is 278 Å². The molecule has 2 amide bonds. The highest BCUT2D eigenvalue weighted by molar-refractivity contribution is 7.92. The quantitative estimate of drug-likeness (QED) is 0.357. The van der Waals surface area contributed by atoms with Crippen LogP contribution in [0.4, 0.5) is 16.2 Å². The lowest BCUT2D eigenvalue weighted by Gasteiger charge is -2.27. The number of hydrogen-bond acceptors (Lipinski definition) is 8. The average molecular weight is 669 g/mol. The smallest absolute Gasteiger partial charge is 0.418 e. The van der Waals surface area contributed by atoms with Gasteiger partial charge in [0.25, 0.3) is 0 Å². The highest BCUT2D eigenvalue weighted by Gasteiger charge is 2.32. The number of para-hydroxylation sites is 1. The van der Waals surface area contributed by atoms with Crippen LogP contribution in [0.15, 0.2) is 36.4 Å². The van der Waals surface area contributed by atoms with E-state index in [-0.39, 0.29) is 34.5 Å². The molecule has 12 nitrogen and oxygen atoms in total. The number of likely N-dealkylation sites (tertiary alicyclic amines) is 1. The van der Waals surface area contributed by atoms with Gasteiger partial charge in [0.1, 0.15) is 0 Å². The molecule has 0 spiro atoms. The number of rotatable bonds is 8. The number of hydrogen-bond donors (Lipinski definition) is 2. The van der Waals surface area contributed by atoms with E-state index in [0.717, 1.165) is 73.7 Å². The highest BCUT2D eigenvalue weighted by atomic mass is 32.2. The van der Waals surface area contributed by atoms with Gasteiger partial charge in [0, 0.05) is 51.2 Å². The summed E-state index contributed by atoms with van der Waals surface area (Å²) in [4.78, 5) is 33.1. The Morgan fingerprint density at radius 3 is 2.38 bits per heavy atom. The van der Waals surface area contributed by atoms with Gasteiger partial charge in [-0.2, -0.15) is 0 Å². The second kappa shape index (κ2) is 13.7. The number of likely N-dealkylation sites (N-methyl/N-ethyl adjacent to an activating group) is 1. The number of amides is 2. The Bertz CT molecular complexity index is 1750. The van der Waals surface area contributed by atoms with Crippen molar-refractivity contribution in [2.24, 2.45) is 7.05 Å². The number of anilines is 2. The molecule has 0 bridgehead atoms. The van der Waals surface area contributed by atoms with Crippen molar-refractivity contribution in [2.45, 2.75) is 58.0 Å². The molecule has 2 aromatic carbocycles. The number of carbonyl (C=O) groups excluding carboxylic acids is 2. The van der Waals surface area contributed by atoms with E-state index in [1.165, 1.54) is 7.11 Å². The van der Waals surface area contributed by atoms with Gasteiger partial charge in [-0.1, -0.05) is 39.0 Å². The summed E-state index contributed by atoms with van der Waals surface area (Å²) in [5, 5.41) is 3.71. The summed E-state index contributed by atoms with van der Waals surface area (Å²) < 4.78 is 39.9. The second-order valence-electron chi connectivity index (χ2n) is 13.7. The van der Waals surface area contributed by atoms with Crippen molar-refractivity contribution < 1.29 is 27.5 Å². The van der Waals surface area contributed by atoms with Crippen LogP contribution in [-0.4, -0.2) is 98.9 Å². The van der Waals surface area contributed by atoms with Crippen molar-refractivity contribution in [3.8, 4) is 11.6 Å². The van der Waals surface area contributed by atoms with E-state index in [0.29, 0.717) is 19.0 Å². The molecule has 2 aliphatic heterocycles. The zero-order valence-electron chi connectivity index (χ0n) is 28.6. The minimum Gasteiger partial charge on any atom is -0.492 e. The molecule has 2 aliphatic rings. The van der Waals surface area contributed by atoms with Crippen molar-refractivity contribution in [1.29, 1.82) is 0 Å². The maximum atomic E-state index is 13.3. The van der Waals surface area contributed by atoms with Crippen molar-refractivity contribution in [2.75, 3.05) is 63.2 Å². The molecule has 1 aromatic heterocycles. The number of nitrogens with zero attached hydrogens (tertiary/aromatic N) is 4. The number of nitrogens with one attached hydrogen (secondary N) is 2. The molecule has 0 aliphatic carbocycles. The number of aromatic nitrogens is 1. The standard InChI is InChI=1S/C34H48N6O6S/c1-34(2,3)25-20-26(31(45-6)27(21-25)36-47(7,43)44)35-33(42)46-29-19-23-11-8-12-24(30(23)38(29)5)22-39-15-10-16-40(18-17-39)32(41)28-13-9-14-37(28)4/h8,11-12,19-21,28,36H,9-10,13-18,22H2,1-7H3,(H,35,42)/t28-/m1/s1. The van der Waals surface area contributed by atoms with Crippen LogP contribution in [0.2, 0.25) is 0 Å². The number of carbonyl (C=O) groups is 2. The highest BCUT2D eigenvalue weighted by Crippen LogP contribution is 2.39. The molecule has 47 heavy (non-hydrogen) atoms. The van der Waals surface area contributed by atoms with Gasteiger partial charge in [-0.05, 0) is 61.5 Å². The maximum absolute atomic E-state index is 13.3. The number of methoxy groups -OCH3 is 1. The van der Waals surface area contributed by atoms with Gasteiger partial charge in [0.05, 0.1) is 36.3 Å². The topological polar surface area (TPSA) is 125 Å². The second-order valence-corrected chi connectivity index (χ2v) is 15.5. The number of benzene rings is 2. The summed E-state index contributed by atoms with van der Waals surface area (Å²) in [6.45, 7) is 10.8. The third-order valence-corrected chi connectivity index (χ3v) is 9.67. The molecule has 2 N–H and O–H groups in total. The molecule has 13 heteroatoms. The fraction of sp³-hybridized carbons (Fsp3) is 0.529. The Balaban J connectivity index is 1.32. The molecule has 3 aromatic rings. The molecular weight excluding hydrogens is 620 g/mol. The van der Waals surface area contributed by atoms with Gasteiger partial charge in [-0.3, -0.25) is 24.6 Å². The van der Waals surface area contributed by atoms with Crippen LogP contribution in [0.3, 0.4) is 0 Å². The Kier molecular flexibility index (Phi) is 10.1. The van der Waals surface area contributed by atoms with Gasteiger partial charge < -0.3 is 18.9 Å². The van der Waals surface area contributed by atoms with E-state index >= 15 is 0 Å². The average Bonchev–Trinajstić information content (AvgIpc) is 3.45. The molecule has 1 atom stereocenters. The van der Waals surface area contributed by atoms with E-state index in [9.17, 15) is 18.0 Å². The van der Waals surface area contributed by atoms with Gasteiger partial charge in [0.15, 0.2) is 5.75 Å². The normalized spacial score (nSPS) is 18.3. The minimum atomic E-state index is -3.62. The maximum Gasteiger partial charge on any atom is 0.418 e. The van der Waals surface area contributed by atoms with E-state index in [1.807, 2.05) is 62.5 Å². The number of sulfonamides is 1. The first-order valence-corrected chi connectivity index (χ1v) is 18.0. The SMILES string of the molecule is COc1c(NC(=O)Oc2cc3cccc(CN4CCCN(C(=O)[C@H]5CCCN5C)CC4)c3n2C)cc(C(C)(C)C)cc1NS(C)(=O)=O. The Hall–Kier alpha value is -3.81. The van der Waals surface area contributed by atoms with Crippen LogP contribution in [0, 0.1) is 0 Å². The molecule has 2 fully saturated rings. The summed E-state index contributed by atoms with van der Waals surface area (Å²) in [6, 6.07) is 11.4. The number of ether oxygens (including phenoxy) is 2. The third kappa shape index (κ3) is 8.02. The zero-order valence-corrected chi connectivity index (χ0v) is 29.4. The minimum absolute atomic E-state index is 0.00371. The first kappa shape index (κ1) is 34.5. The lowest BCUT2D eigenvalue weighted by Crippen LogP contribution is -2.45. The van der Waals surface area contributed by atoms with Crippen molar-refractivity contribution in [3.63, 3.8) is 0 Å². The lowest BCUT2D eigenvalue weighted by molar-refractivity contribution is -0.135. The van der Waals surface area contributed by atoms with Crippen LogP contribution >= 0.6 is 0 Å². The molecule has 2 saturated heterocycles. The Morgan fingerprint density at radius 2 is 1.72 bits per heavy atom. The van der Waals surface area contributed by atoms with Gasteiger partial charge in [-0.15, -0.1) is 0 Å². The summed E-state index contributed by atoms with van der Waals surface area (Å²) in [7, 11) is 1.70. The van der Waals surface area contributed by atoms with Crippen LogP contribution in [0.5, 0.6) is 11.6 Å². The predicted molar refractivity (Wildman–Crippen MR) is 185 cm³/mol. The van der Waals surface area contributed by atoms with Gasteiger partial charge in [-0.25, -0.2) is 13.2 Å². The summed E-state index contributed by atoms with van der Waals surface area (Å²) in [5.41, 5.74) is 3.02. The van der Waals surface area contributed by atoms with Crippen LogP contribution < -0.4 is 19.5 Å². The zero-order chi connectivity index (χ0) is 34.1. The predicted octanol–water partition coefficient (Wildman–Crippen LogP) is 4.60. The van der Waals surface area contributed by atoms with Crippen molar-refractivity contribution in [3.05, 3.63) is 47.5 Å². The number of fused-ring (bicyclic) bond motifs is 1. The molecule has 3 heterocycles. The van der Waals surface area contributed by atoms with Gasteiger partial charge in [0.2, 0.25) is 21.8 Å². The van der Waals surface area contributed by atoms with Crippen LogP contribution in [0.25, 0.3) is 10.9 Å². The number of aryl methyl sites for hydroxylation is 1. The summed E-state index contributed by atoms with van der Waals surface area (Å²) >= 11 is 0. The largest absolute Gasteiger partial charge is 0.492 e. The fourth-order valence-corrected chi connectivity index (χ4v) is 7.16. The summed E-state index contributed by atoms with van der Waals surface area (Å²) in [5.74, 6) is 0.786. The van der Waals surface area contributed by atoms with Crippen molar-refractivity contribution in [1.82, 2.24) is 19.3 Å². The van der Waals surface area contributed by atoms with Crippen LogP contribution in [0.1, 0.15) is 51.2 Å². The molecule has 5 rings (SSSR count). The molecule has 0 saturated carbocycles. The third-order valence-electron chi connectivity index (χ3n) is 9.08. The van der Waals surface area contributed by atoms with Crippen LogP contribution in [-0.2, 0) is 33.8 Å². The molecule has 256 valence electrons. The first-order chi connectivity index (χ1) is 22.1. The molecular formula is C34H48N6O6S. The fourth-order valence-electron chi connectivity index (χ4n) is 6.61. The van der Waals surface area contributed by atoms with E-state index < -0.39 is 16.1 Å².